The molecule has 8 bridgehead atoms. The van der Waals surface area contributed by atoms with Crippen molar-refractivity contribution in [1.29, 1.82) is 0 Å². The van der Waals surface area contributed by atoms with Gasteiger partial charge in [0.25, 0.3) is 0 Å². The lowest BCUT2D eigenvalue weighted by Crippen LogP contribution is -2.35. The predicted molar refractivity (Wildman–Crippen MR) is 548 cm³/mol. The van der Waals surface area contributed by atoms with Crippen molar-refractivity contribution in [3.05, 3.63) is 223 Å². The third-order valence-electron chi connectivity index (χ3n) is 21.6. The highest BCUT2D eigenvalue weighted by Gasteiger charge is 2.67. The standard InChI is InChI=1S/2C15H22.7C7H8O.4C5H12.8C2H6.CH4/c2*1-2-10-11(3-1)13-7-12(10)14-8-4-5-9(6-8)15(13)14;5*1-8-7-5-3-2-4-6-7;2*8-6-7-4-2-1-3-5-7;4*1-5(2,3)4;8*1-2;/h2*8-15H,1-7H2;5*2-6H,1H3;2*1-5,8H,6H2;4*1-4H3;8*1-2H3;1H4. The van der Waals surface area contributed by atoms with Crippen molar-refractivity contribution in [2.45, 2.75) is 332 Å². The highest BCUT2D eigenvalue weighted by atomic mass is 16.5. The van der Waals surface area contributed by atoms with Crippen LogP contribution in [-0.2, 0) is 13.2 Å². The number of hydrogen-bond donors (Lipinski definition) is 2. The lowest BCUT2D eigenvalue weighted by Gasteiger charge is -2.40. The molecule has 16 atom stereocenters. The molecule has 10 aliphatic carbocycles. The van der Waals surface area contributed by atoms with E-state index in [1.165, 1.54) is 94.7 Å². The Morgan fingerprint density at radius 2 is 0.358 bits per heavy atom. The first-order valence-electron chi connectivity index (χ1n) is 48.6. The van der Waals surface area contributed by atoms with E-state index in [0.29, 0.717) is 21.7 Å². The maximum atomic E-state index is 8.54. The summed E-state index contributed by atoms with van der Waals surface area (Å²) in [6.45, 7) is 67.3. The Kier molecular flexibility index (Phi) is 75.7. The molecule has 17 rings (SSSR count). The van der Waals surface area contributed by atoms with E-state index in [-0.39, 0.29) is 20.6 Å². The summed E-state index contributed by atoms with van der Waals surface area (Å²) in [5.41, 5.74) is 3.93. The minimum atomic E-state index is 0. The Balaban J connectivity index is -0.000000409. The van der Waals surface area contributed by atoms with Crippen molar-refractivity contribution < 1.29 is 33.9 Å². The number of ether oxygens (including phenoxy) is 5. The van der Waals surface area contributed by atoms with Crippen LogP contribution >= 0.6 is 0 Å². The molecule has 16 unspecified atom stereocenters. The molecule has 0 saturated heterocycles. The quantitative estimate of drug-likeness (QED) is 0.154. The van der Waals surface area contributed by atoms with Crippen molar-refractivity contribution in [1.82, 2.24) is 0 Å². The molecule has 10 saturated carbocycles. The fraction of sp³-hybridized carbons (Fsp3) is 0.638. The molecule has 0 aromatic heterocycles. The van der Waals surface area contributed by atoms with E-state index in [1.807, 2.05) is 323 Å². The van der Waals surface area contributed by atoms with Crippen molar-refractivity contribution in [3.8, 4) is 28.7 Å². The number of hydrogen-bond acceptors (Lipinski definition) is 7. The second-order valence-corrected chi connectivity index (χ2v) is 37.5. The number of para-hydroxylation sites is 5. The van der Waals surface area contributed by atoms with Crippen LogP contribution in [0.25, 0.3) is 0 Å². The van der Waals surface area contributed by atoms with Gasteiger partial charge in [-0.15, -0.1) is 0 Å². The first-order valence-corrected chi connectivity index (χ1v) is 48.6. The summed E-state index contributed by atoms with van der Waals surface area (Å²) >= 11 is 0. The van der Waals surface area contributed by atoms with Crippen LogP contribution in [0.3, 0.4) is 0 Å². The van der Waals surface area contributed by atoms with Crippen LogP contribution in [0.15, 0.2) is 212 Å². The molecule has 7 nitrogen and oxygen atoms in total. The van der Waals surface area contributed by atoms with Crippen LogP contribution < -0.4 is 23.7 Å². The van der Waals surface area contributed by atoms with Gasteiger partial charge < -0.3 is 33.9 Å². The molecule has 706 valence electrons. The van der Waals surface area contributed by atoms with E-state index < -0.39 is 0 Å². The van der Waals surface area contributed by atoms with Crippen LogP contribution in [0, 0.1) is 116 Å². The van der Waals surface area contributed by atoms with Gasteiger partial charge in [-0.3, -0.25) is 0 Å². The Morgan fingerprint density at radius 3 is 0.472 bits per heavy atom. The number of methoxy groups -OCH3 is 5. The zero-order chi connectivity index (χ0) is 93.9. The summed E-state index contributed by atoms with van der Waals surface area (Å²) in [7, 11) is 8.31. The van der Waals surface area contributed by atoms with Gasteiger partial charge in [0, 0.05) is 0 Å². The molecule has 7 heteroatoms. The third-order valence-corrected chi connectivity index (χ3v) is 21.6. The smallest absolute Gasteiger partial charge is 0.118 e. The van der Waals surface area contributed by atoms with Gasteiger partial charge >= 0.3 is 0 Å². The largest absolute Gasteiger partial charge is 0.497 e. The average molecular weight is 1710 g/mol. The Bertz CT molecular complexity index is 2720. The van der Waals surface area contributed by atoms with E-state index in [0.717, 1.165) is 39.9 Å². The van der Waals surface area contributed by atoms with Gasteiger partial charge in [0.1, 0.15) is 28.7 Å². The summed E-state index contributed by atoms with van der Waals surface area (Å²) in [6.07, 6.45) is 22.8. The minimum absolute atomic E-state index is 0. The Hall–Kier alpha value is -6.54. The van der Waals surface area contributed by atoms with Crippen molar-refractivity contribution >= 4 is 0 Å². The maximum Gasteiger partial charge on any atom is 0.118 e. The zero-order valence-electron chi connectivity index (χ0n) is 86.2. The molecule has 7 aromatic rings. The number of aliphatic hydroxyl groups excluding tert-OH is 2. The van der Waals surface area contributed by atoms with Crippen LogP contribution in [0.1, 0.15) is 330 Å². The highest BCUT2D eigenvalue weighted by Crippen LogP contribution is 2.74. The molecule has 10 fully saturated rings. The van der Waals surface area contributed by atoms with Gasteiger partial charge in [-0.05, 0) is 265 Å². The summed E-state index contributed by atoms with van der Waals surface area (Å²) in [4.78, 5) is 0. The molecule has 7 aromatic carbocycles. The Morgan fingerprint density at radius 1 is 0.220 bits per heavy atom. The van der Waals surface area contributed by atoms with E-state index in [1.54, 1.807) is 125 Å². The van der Waals surface area contributed by atoms with Crippen molar-refractivity contribution in [3.63, 3.8) is 0 Å². The lowest BCUT2D eigenvalue weighted by atomic mass is 9.64. The van der Waals surface area contributed by atoms with Gasteiger partial charge in [0.15, 0.2) is 0 Å². The molecule has 0 spiro atoms. The van der Waals surface area contributed by atoms with E-state index in [9.17, 15) is 0 Å². The predicted octanol–water partition coefficient (Wildman–Crippen LogP) is 35.3. The second kappa shape index (κ2) is 74.5. The Labute approximate surface area is 765 Å². The van der Waals surface area contributed by atoms with Crippen LogP contribution in [-0.4, -0.2) is 45.8 Å². The molecule has 0 amide bonds. The first kappa shape index (κ1) is 125. The van der Waals surface area contributed by atoms with Gasteiger partial charge in [0.05, 0.1) is 48.8 Å². The fourth-order valence-corrected chi connectivity index (χ4v) is 18.5. The topological polar surface area (TPSA) is 86.6 Å². The summed E-state index contributed by atoms with van der Waals surface area (Å²) in [6, 6.07) is 67.5. The molecular formula is C116H200O7. The van der Waals surface area contributed by atoms with E-state index in [2.05, 4.69) is 111 Å². The summed E-state index contributed by atoms with van der Waals surface area (Å²) < 4.78 is 24.6. The van der Waals surface area contributed by atoms with Crippen molar-refractivity contribution in [2.24, 2.45) is 116 Å². The molecule has 0 aliphatic heterocycles. The molecule has 10 aliphatic rings. The normalized spacial score (nSPS) is 23.1. The van der Waals surface area contributed by atoms with Gasteiger partial charge in [-0.1, -0.05) is 393 Å². The van der Waals surface area contributed by atoms with Gasteiger partial charge in [-0.25, -0.2) is 0 Å². The van der Waals surface area contributed by atoms with Crippen LogP contribution in [0.2, 0.25) is 0 Å². The highest BCUT2D eigenvalue weighted by molar-refractivity contribution is 5.24. The number of benzene rings is 7. The summed E-state index contributed by atoms with van der Waals surface area (Å²) in [5.74, 6) is 24.1. The van der Waals surface area contributed by atoms with Crippen molar-refractivity contribution in [2.75, 3.05) is 35.5 Å². The average Bonchev–Trinajstić information content (AvgIpc) is 1.54. The SMILES string of the molecule is C.C1CC2C(C1)C1CC2C2C3CCC(C3)C12.C1CC2C(C1)C1CC2C2C3CCC(C3)C12.CC.CC.CC.CC.CC.CC.CC.CC.CC(C)(C)C.CC(C)(C)C.CC(C)(C)C.CC(C)(C)C.COc1ccccc1.COc1ccccc1.COc1ccccc1.COc1ccccc1.COc1ccccc1.OCc1ccccc1.OCc1ccccc1. The second-order valence-electron chi connectivity index (χ2n) is 37.5. The fourth-order valence-electron chi connectivity index (χ4n) is 18.5. The monoisotopic (exact) mass is 1710 g/mol. The first-order chi connectivity index (χ1) is 58.4. The molecule has 0 heterocycles. The molecular weight excluding hydrogens is 1510 g/mol. The number of fused-ring (bicyclic) bond motifs is 24. The lowest BCUT2D eigenvalue weighted by molar-refractivity contribution is 0.0716. The summed E-state index contributed by atoms with van der Waals surface area (Å²) in [5, 5.41) is 17.1. The van der Waals surface area contributed by atoms with Gasteiger partial charge in [-0.2, -0.15) is 0 Å². The van der Waals surface area contributed by atoms with Gasteiger partial charge in [0.2, 0.25) is 0 Å². The van der Waals surface area contributed by atoms with E-state index in [4.69, 9.17) is 33.9 Å². The van der Waals surface area contributed by atoms with Crippen LogP contribution in [0.5, 0.6) is 28.7 Å². The molecule has 123 heavy (non-hydrogen) atoms. The number of rotatable bonds is 7. The molecule has 2 N–H and O–H groups in total. The minimum Gasteiger partial charge on any atom is -0.497 e. The molecule has 0 radical (unpaired) electrons. The zero-order valence-corrected chi connectivity index (χ0v) is 86.2. The number of aliphatic hydroxyl groups is 2. The van der Waals surface area contributed by atoms with Crippen LogP contribution in [0.4, 0.5) is 0 Å². The maximum absolute atomic E-state index is 8.54. The third kappa shape index (κ3) is 54.3. The van der Waals surface area contributed by atoms with E-state index >= 15 is 0 Å².